The molecule has 0 spiro atoms. The van der Waals surface area contributed by atoms with Crippen molar-refractivity contribution in [3.63, 3.8) is 0 Å². The van der Waals surface area contributed by atoms with E-state index in [1.807, 2.05) is 0 Å². The first-order chi connectivity index (χ1) is 9.88. The van der Waals surface area contributed by atoms with E-state index in [0.717, 1.165) is 24.9 Å². The average molecular weight is 303 g/mol. The second kappa shape index (κ2) is 6.40. The third-order valence-electron chi connectivity index (χ3n) is 3.13. The lowest BCUT2D eigenvalue weighted by molar-refractivity contribution is -0.141. The number of carbonyl (C=O) groups is 1. The van der Waals surface area contributed by atoms with Gasteiger partial charge in [-0.3, -0.25) is 9.78 Å². The molecule has 1 aromatic rings. The van der Waals surface area contributed by atoms with E-state index in [9.17, 15) is 18.0 Å². The number of rotatable bonds is 3. The van der Waals surface area contributed by atoms with Crippen LogP contribution in [0.5, 0.6) is 0 Å². The molecule has 0 radical (unpaired) electrons. The van der Waals surface area contributed by atoms with Gasteiger partial charge in [0.25, 0.3) is 5.91 Å². The molecule has 0 aliphatic carbocycles. The van der Waals surface area contributed by atoms with E-state index in [1.165, 1.54) is 4.90 Å². The van der Waals surface area contributed by atoms with E-state index in [0.29, 0.717) is 19.7 Å². The summed E-state index contributed by atoms with van der Waals surface area (Å²) in [4.78, 5) is 16.8. The van der Waals surface area contributed by atoms with Crippen LogP contribution in [-0.2, 0) is 10.9 Å². The summed E-state index contributed by atoms with van der Waals surface area (Å²) in [7, 11) is 1.58. The summed E-state index contributed by atoms with van der Waals surface area (Å²) in [6, 6.07) is 1.94. The number of nitrogens with one attached hydrogen (secondary N) is 1. The van der Waals surface area contributed by atoms with Gasteiger partial charge in [0, 0.05) is 32.9 Å². The third kappa shape index (κ3) is 4.15. The molecular weight excluding hydrogens is 287 g/mol. The molecule has 0 bridgehead atoms. The highest BCUT2D eigenvalue weighted by molar-refractivity contribution is 5.93. The molecule has 1 N–H and O–H groups in total. The Morgan fingerprint density at radius 2 is 2.29 bits per heavy atom. The van der Waals surface area contributed by atoms with Gasteiger partial charge in [0.05, 0.1) is 18.3 Å². The van der Waals surface area contributed by atoms with Gasteiger partial charge in [0.15, 0.2) is 0 Å². The lowest BCUT2D eigenvalue weighted by atomic mass is 10.2. The highest BCUT2D eigenvalue weighted by Crippen LogP contribution is 2.27. The number of nitrogens with zero attached hydrogens (tertiary/aromatic N) is 2. The molecule has 1 amide bonds. The number of ether oxygens (including phenoxy) is 1. The molecule has 1 atom stereocenters. The standard InChI is InChI=1S/C13H16F3N3O2/c1-19(8-10-7-17-4-5-21-10)12(20)9-2-3-11(18-6-9)13(14,15)16/h2-3,6,10,17H,4-5,7-8H2,1H3. The fraction of sp³-hybridized carbons (Fsp3) is 0.538. The van der Waals surface area contributed by atoms with Crippen molar-refractivity contribution < 1.29 is 22.7 Å². The van der Waals surface area contributed by atoms with Crippen LogP contribution < -0.4 is 5.32 Å². The van der Waals surface area contributed by atoms with Gasteiger partial charge in [-0.1, -0.05) is 0 Å². The largest absolute Gasteiger partial charge is 0.433 e. The lowest BCUT2D eigenvalue weighted by Crippen LogP contribution is -2.45. The Balaban J connectivity index is 1.98. The van der Waals surface area contributed by atoms with E-state index in [-0.39, 0.29) is 17.6 Å². The van der Waals surface area contributed by atoms with Crippen LogP contribution in [0.2, 0.25) is 0 Å². The zero-order valence-corrected chi connectivity index (χ0v) is 11.5. The summed E-state index contributed by atoms with van der Waals surface area (Å²) < 4.78 is 42.7. The van der Waals surface area contributed by atoms with Gasteiger partial charge in [-0.2, -0.15) is 13.2 Å². The minimum Gasteiger partial charge on any atom is -0.374 e. The molecule has 1 unspecified atom stereocenters. The molecule has 116 valence electrons. The minimum absolute atomic E-state index is 0.116. The number of aromatic nitrogens is 1. The third-order valence-corrected chi connectivity index (χ3v) is 3.13. The van der Waals surface area contributed by atoms with Gasteiger partial charge in [-0.05, 0) is 12.1 Å². The van der Waals surface area contributed by atoms with Gasteiger partial charge in [0.2, 0.25) is 0 Å². The molecule has 5 nitrogen and oxygen atoms in total. The van der Waals surface area contributed by atoms with Crippen LogP contribution in [0.1, 0.15) is 16.1 Å². The quantitative estimate of drug-likeness (QED) is 0.910. The molecule has 0 aromatic carbocycles. The Bertz CT molecular complexity index is 484. The van der Waals surface area contributed by atoms with E-state index >= 15 is 0 Å². The number of amides is 1. The number of hydrogen-bond acceptors (Lipinski definition) is 4. The maximum absolute atomic E-state index is 12.4. The molecular formula is C13H16F3N3O2. The minimum atomic E-state index is -4.50. The van der Waals surface area contributed by atoms with Gasteiger partial charge in [0.1, 0.15) is 5.69 Å². The number of morpholine rings is 1. The maximum Gasteiger partial charge on any atom is 0.433 e. The van der Waals surface area contributed by atoms with Crippen molar-refractivity contribution in [1.29, 1.82) is 0 Å². The Hall–Kier alpha value is -1.67. The summed E-state index contributed by atoms with van der Waals surface area (Å²) in [6.45, 7) is 2.36. The normalized spacial score (nSPS) is 19.3. The number of hydrogen-bond donors (Lipinski definition) is 1. The fourth-order valence-electron chi connectivity index (χ4n) is 2.03. The van der Waals surface area contributed by atoms with Crippen molar-refractivity contribution in [2.45, 2.75) is 12.3 Å². The SMILES string of the molecule is CN(CC1CNCCO1)C(=O)c1ccc(C(F)(F)F)nc1. The molecule has 2 rings (SSSR count). The first kappa shape index (κ1) is 15.7. The Labute approximate surface area is 120 Å². The summed E-state index contributed by atoms with van der Waals surface area (Å²) in [6.07, 6.45) is -3.67. The van der Waals surface area contributed by atoms with Crippen molar-refractivity contribution in [3.05, 3.63) is 29.6 Å². The van der Waals surface area contributed by atoms with Crippen LogP contribution >= 0.6 is 0 Å². The van der Waals surface area contributed by atoms with Crippen LogP contribution in [0, 0.1) is 0 Å². The fourth-order valence-corrected chi connectivity index (χ4v) is 2.03. The monoisotopic (exact) mass is 303 g/mol. The number of halogens is 3. The van der Waals surface area contributed by atoms with E-state index in [4.69, 9.17) is 4.74 Å². The van der Waals surface area contributed by atoms with E-state index in [1.54, 1.807) is 7.05 Å². The van der Waals surface area contributed by atoms with Gasteiger partial charge < -0.3 is 15.0 Å². The first-order valence-electron chi connectivity index (χ1n) is 6.49. The van der Waals surface area contributed by atoms with Crippen LogP contribution in [0.3, 0.4) is 0 Å². The van der Waals surface area contributed by atoms with Crippen LogP contribution in [0.15, 0.2) is 18.3 Å². The molecule has 8 heteroatoms. The van der Waals surface area contributed by atoms with Crippen molar-refractivity contribution in [2.75, 3.05) is 33.3 Å². The Morgan fingerprint density at radius 3 is 2.81 bits per heavy atom. The number of carbonyl (C=O) groups excluding carboxylic acids is 1. The second-order valence-electron chi connectivity index (χ2n) is 4.81. The second-order valence-corrected chi connectivity index (χ2v) is 4.81. The summed E-state index contributed by atoms with van der Waals surface area (Å²) in [5.74, 6) is -0.384. The highest BCUT2D eigenvalue weighted by Gasteiger charge is 2.32. The molecule has 2 heterocycles. The van der Waals surface area contributed by atoms with Crippen LogP contribution in [-0.4, -0.2) is 55.2 Å². The topological polar surface area (TPSA) is 54.5 Å². The van der Waals surface area contributed by atoms with Crippen molar-refractivity contribution in [2.24, 2.45) is 0 Å². The molecule has 1 aliphatic heterocycles. The van der Waals surface area contributed by atoms with Crippen molar-refractivity contribution in [1.82, 2.24) is 15.2 Å². The molecule has 1 saturated heterocycles. The Morgan fingerprint density at radius 1 is 1.52 bits per heavy atom. The van der Waals surface area contributed by atoms with Gasteiger partial charge >= 0.3 is 6.18 Å². The predicted molar refractivity (Wildman–Crippen MR) is 68.8 cm³/mol. The average Bonchev–Trinajstić information content (AvgIpc) is 2.46. The summed E-state index contributed by atoms with van der Waals surface area (Å²) >= 11 is 0. The van der Waals surface area contributed by atoms with E-state index < -0.39 is 11.9 Å². The maximum atomic E-state index is 12.4. The number of alkyl halides is 3. The zero-order valence-electron chi connectivity index (χ0n) is 11.5. The number of likely N-dealkylation sites (N-methyl/N-ethyl adjacent to an activating group) is 1. The van der Waals surface area contributed by atoms with Gasteiger partial charge in [-0.25, -0.2) is 0 Å². The predicted octanol–water partition coefficient (Wildman–Crippen LogP) is 1.16. The molecule has 1 fully saturated rings. The smallest absolute Gasteiger partial charge is 0.374 e. The summed E-state index contributed by atoms with van der Waals surface area (Å²) in [5.41, 5.74) is -0.893. The van der Waals surface area contributed by atoms with Crippen LogP contribution in [0.4, 0.5) is 13.2 Å². The van der Waals surface area contributed by atoms with Crippen molar-refractivity contribution >= 4 is 5.91 Å². The molecule has 21 heavy (non-hydrogen) atoms. The van der Waals surface area contributed by atoms with Crippen molar-refractivity contribution in [3.8, 4) is 0 Å². The number of pyridine rings is 1. The summed E-state index contributed by atoms with van der Waals surface area (Å²) in [5, 5.41) is 3.14. The molecule has 0 saturated carbocycles. The Kier molecular flexibility index (Phi) is 4.79. The zero-order chi connectivity index (χ0) is 15.5. The molecule has 1 aliphatic rings. The molecule has 1 aromatic heterocycles. The lowest BCUT2D eigenvalue weighted by Gasteiger charge is -2.28. The van der Waals surface area contributed by atoms with E-state index in [2.05, 4.69) is 10.3 Å². The first-order valence-corrected chi connectivity index (χ1v) is 6.49. The van der Waals surface area contributed by atoms with Crippen LogP contribution in [0.25, 0.3) is 0 Å². The van der Waals surface area contributed by atoms with Gasteiger partial charge in [-0.15, -0.1) is 0 Å². The highest BCUT2D eigenvalue weighted by atomic mass is 19.4.